The lowest BCUT2D eigenvalue weighted by molar-refractivity contribution is -0.289. The lowest BCUT2D eigenvalue weighted by Gasteiger charge is -2.73. The van der Waals surface area contributed by atoms with E-state index in [1.807, 2.05) is 13.8 Å². The maximum atomic E-state index is 12.8. The molecule has 0 saturated heterocycles. The Labute approximate surface area is 211 Å². The lowest BCUT2D eigenvalue weighted by atomic mass is 9.31. The molecule has 5 nitrogen and oxygen atoms in total. The van der Waals surface area contributed by atoms with Gasteiger partial charge in [0.15, 0.2) is 0 Å². The maximum absolute atomic E-state index is 12.8. The van der Waals surface area contributed by atoms with Crippen LogP contribution in [0.3, 0.4) is 0 Å². The van der Waals surface area contributed by atoms with Crippen LogP contribution in [0, 0.1) is 56.7 Å². The first kappa shape index (κ1) is 25.7. The average molecular weight is 489 g/mol. The van der Waals surface area contributed by atoms with E-state index in [1.54, 1.807) is 0 Å². The molecule has 2 unspecified atom stereocenters. The van der Waals surface area contributed by atoms with Gasteiger partial charge in [-0.2, -0.15) is 0 Å². The van der Waals surface area contributed by atoms with Crippen molar-refractivity contribution in [3.63, 3.8) is 0 Å². The summed E-state index contributed by atoms with van der Waals surface area (Å²) in [7, 11) is 0. The predicted octanol–water partition coefficient (Wildman–Crippen LogP) is 5.03. The molecule has 5 rings (SSSR count). The molecule has 0 radical (unpaired) electrons. The van der Waals surface area contributed by atoms with Crippen molar-refractivity contribution in [1.29, 1.82) is 0 Å². The van der Waals surface area contributed by atoms with Gasteiger partial charge in [-0.15, -0.1) is 0 Å². The van der Waals surface area contributed by atoms with E-state index in [0.29, 0.717) is 25.2 Å². The van der Waals surface area contributed by atoms with Gasteiger partial charge >= 0.3 is 5.97 Å². The maximum Gasteiger partial charge on any atom is 0.309 e. The number of carboxylic acid groups (broad SMARTS) is 1. The Morgan fingerprint density at radius 2 is 1.51 bits per heavy atom. The van der Waals surface area contributed by atoms with E-state index in [0.717, 1.165) is 37.7 Å². The SMILES string of the molecule is C=C(C)[C@@H]1CC[C@]2(C(=O)O)CC[C@]3(C)[C@H](CCC4[C@@]5(C)C[C@@H](O)[C@H](O)C(C)(C)[C@@H]5[C@H](O)C[C@]43C)C12. The van der Waals surface area contributed by atoms with E-state index in [1.165, 1.54) is 0 Å². The van der Waals surface area contributed by atoms with Crippen molar-refractivity contribution in [2.24, 2.45) is 56.7 Å². The average Bonchev–Trinajstić information content (AvgIpc) is 3.13. The molecule has 35 heavy (non-hydrogen) atoms. The van der Waals surface area contributed by atoms with E-state index < -0.39 is 35.1 Å². The third-order valence-corrected chi connectivity index (χ3v) is 13.3. The summed E-state index contributed by atoms with van der Waals surface area (Å²) in [5.74, 6) is 0.251. The number of fused-ring (bicyclic) bond motifs is 7. The standard InChI is InChI=1S/C30H48O5/c1-16(2)17-10-11-30(25(34)35)13-12-28(6)18(22(17)30)8-9-21-27(5)14-20(32)24(33)26(3,4)23(27)19(31)15-29(21,28)7/h17-24,31-33H,1,8-15H2,2-7H3,(H,34,35)/t17-,18+,19+,20+,21?,22?,23-,24-,27+,28+,29+,30-/m0/s1. The molecule has 5 aliphatic rings. The summed E-state index contributed by atoms with van der Waals surface area (Å²) in [5.41, 5.74) is -0.635. The third kappa shape index (κ3) is 2.95. The molecule has 0 bridgehead atoms. The zero-order chi connectivity index (χ0) is 25.9. The molecular formula is C30H48O5. The summed E-state index contributed by atoms with van der Waals surface area (Å²) in [4.78, 5) is 12.8. The van der Waals surface area contributed by atoms with Crippen molar-refractivity contribution in [2.45, 2.75) is 111 Å². The van der Waals surface area contributed by atoms with Crippen molar-refractivity contribution in [3.05, 3.63) is 12.2 Å². The van der Waals surface area contributed by atoms with Crippen LogP contribution in [0.15, 0.2) is 12.2 Å². The third-order valence-electron chi connectivity index (χ3n) is 13.3. The Hall–Kier alpha value is -0.910. The molecule has 0 aromatic rings. The fraction of sp³-hybridized carbons (Fsp3) is 0.900. The molecule has 198 valence electrons. The molecule has 4 N–H and O–H groups in total. The van der Waals surface area contributed by atoms with Gasteiger partial charge in [0.25, 0.3) is 0 Å². The molecule has 5 aliphatic carbocycles. The second-order valence-electron chi connectivity index (χ2n) is 14.8. The van der Waals surface area contributed by atoms with Gasteiger partial charge in [-0.05, 0) is 110 Å². The number of rotatable bonds is 2. The minimum absolute atomic E-state index is 0.0806. The minimum Gasteiger partial charge on any atom is -0.481 e. The van der Waals surface area contributed by atoms with Gasteiger partial charge in [-0.25, -0.2) is 0 Å². The van der Waals surface area contributed by atoms with E-state index in [2.05, 4.69) is 34.3 Å². The van der Waals surface area contributed by atoms with Crippen LogP contribution in [-0.4, -0.2) is 44.7 Å². The zero-order valence-electron chi connectivity index (χ0n) is 22.7. The van der Waals surface area contributed by atoms with Crippen molar-refractivity contribution < 1.29 is 25.2 Å². The number of aliphatic hydroxyl groups excluding tert-OH is 3. The number of hydrogen-bond donors (Lipinski definition) is 4. The van der Waals surface area contributed by atoms with Crippen LogP contribution < -0.4 is 0 Å². The van der Waals surface area contributed by atoms with Crippen LogP contribution in [0.4, 0.5) is 0 Å². The second-order valence-corrected chi connectivity index (χ2v) is 14.8. The fourth-order valence-electron chi connectivity index (χ4n) is 11.8. The highest BCUT2D eigenvalue weighted by Crippen LogP contribution is 2.77. The normalized spacial score (nSPS) is 56.8. The van der Waals surface area contributed by atoms with Crippen LogP contribution in [0.2, 0.25) is 0 Å². The van der Waals surface area contributed by atoms with Crippen LogP contribution in [0.5, 0.6) is 0 Å². The summed E-state index contributed by atoms with van der Waals surface area (Å²) in [6.07, 6.45) is 4.24. The van der Waals surface area contributed by atoms with Crippen LogP contribution in [-0.2, 0) is 4.79 Å². The van der Waals surface area contributed by atoms with Crippen LogP contribution in [0.1, 0.15) is 92.9 Å². The minimum atomic E-state index is -0.841. The summed E-state index contributed by atoms with van der Waals surface area (Å²) < 4.78 is 0. The van der Waals surface area contributed by atoms with E-state index >= 15 is 0 Å². The van der Waals surface area contributed by atoms with Gasteiger partial charge in [0.2, 0.25) is 0 Å². The quantitative estimate of drug-likeness (QED) is 0.409. The van der Waals surface area contributed by atoms with Crippen molar-refractivity contribution in [2.75, 3.05) is 0 Å². The first-order chi connectivity index (χ1) is 16.1. The lowest BCUT2D eigenvalue weighted by Crippen LogP contribution is -2.71. The predicted molar refractivity (Wildman–Crippen MR) is 135 cm³/mol. The molecule has 0 aromatic heterocycles. The number of aliphatic carboxylic acids is 1. The Kier molecular flexibility index (Phi) is 5.56. The molecule has 5 saturated carbocycles. The first-order valence-electron chi connectivity index (χ1n) is 14.0. The number of allylic oxidation sites excluding steroid dienone is 1. The van der Waals surface area contributed by atoms with Gasteiger partial charge in [-0.1, -0.05) is 46.8 Å². The topological polar surface area (TPSA) is 98.0 Å². The smallest absolute Gasteiger partial charge is 0.309 e. The number of carbonyl (C=O) groups is 1. The van der Waals surface area contributed by atoms with Crippen molar-refractivity contribution in [3.8, 4) is 0 Å². The monoisotopic (exact) mass is 488 g/mol. The molecular weight excluding hydrogens is 440 g/mol. The summed E-state index contributed by atoms with van der Waals surface area (Å²) >= 11 is 0. The van der Waals surface area contributed by atoms with Crippen LogP contribution >= 0.6 is 0 Å². The zero-order valence-corrected chi connectivity index (χ0v) is 22.7. The number of aliphatic hydroxyl groups is 3. The van der Waals surface area contributed by atoms with Crippen molar-refractivity contribution >= 4 is 5.97 Å². The summed E-state index contributed by atoms with van der Waals surface area (Å²) in [5, 5.41) is 44.2. The Balaban J connectivity index is 1.61. The Bertz CT molecular complexity index is 928. The largest absolute Gasteiger partial charge is 0.481 e. The van der Waals surface area contributed by atoms with Gasteiger partial charge in [0.05, 0.1) is 23.7 Å². The Morgan fingerprint density at radius 1 is 0.857 bits per heavy atom. The molecule has 0 amide bonds. The highest BCUT2D eigenvalue weighted by atomic mass is 16.4. The van der Waals surface area contributed by atoms with Gasteiger partial charge < -0.3 is 20.4 Å². The summed E-state index contributed by atoms with van der Waals surface area (Å²) in [6.45, 7) is 17.4. The van der Waals surface area contributed by atoms with E-state index in [4.69, 9.17) is 0 Å². The molecule has 0 spiro atoms. The van der Waals surface area contributed by atoms with Gasteiger partial charge in [0, 0.05) is 0 Å². The highest BCUT2D eigenvalue weighted by molar-refractivity contribution is 5.76. The molecule has 12 atom stereocenters. The van der Waals surface area contributed by atoms with Gasteiger partial charge in [0.1, 0.15) is 0 Å². The van der Waals surface area contributed by atoms with Crippen LogP contribution in [0.25, 0.3) is 0 Å². The van der Waals surface area contributed by atoms with Gasteiger partial charge in [-0.3, -0.25) is 4.79 Å². The highest BCUT2D eigenvalue weighted by Gasteiger charge is 2.74. The molecule has 5 heteroatoms. The van der Waals surface area contributed by atoms with E-state index in [-0.39, 0.29) is 39.9 Å². The fourth-order valence-corrected chi connectivity index (χ4v) is 11.8. The molecule has 0 aliphatic heterocycles. The number of carboxylic acids is 1. The number of hydrogen-bond acceptors (Lipinski definition) is 4. The first-order valence-corrected chi connectivity index (χ1v) is 14.0. The molecule has 0 heterocycles. The summed E-state index contributed by atoms with van der Waals surface area (Å²) in [6, 6.07) is 0. The van der Waals surface area contributed by atoms with Crippen molar-refractivity contribution in [1.82, 2.24) is 0 Å². The molecule has 0 aromatic carbocycles. The Morgan fingerprint density at radius 3 is 2.11 bits per heavy atom. The van der Waals surface area contributed by atoms with E-state index in [9.17, 15) is 25.2 Å². The second kappa shape index (κ2) is 7.57. The molecule has 5 fully saturated rings.